The first-order valence-corrected chi connectivity index (χ1v) is 6.23. The highest BCUT2D eigenvalue weighted by Crippen LogP contribution is 2.24. The molecule has 17 heavy (non-hydrogen) atoms. The Hall–Kier alpha value is -1.41. The van der Waals surface area contributed by atoms with Gasteiger partial charge in [0.25, 0.3) is 0 Å². The van der Waals surface area contributed by atoms with Crippen LogP contribution in [0.5, 0.6) is 0 Å². The van der Waals surface area contributed by atoms with Gasteiger partial charge in [0.2, 0.25) is 0 Å². The van der Waals surface area contributed by atoms with Crippen molar-refractivity contribution in [3.05, 3.63) is 42.1 Å². The number of aliphatic hydroxyl groups excluding tert-OH is 1. The maximum Gasteiger partial charge on any atom is 0.0807 e. The summed E-state index contributed by atoms with van der Waals surface area (Å²) in [5, 5.41) is 11.2. The Kier molecular flexibility index (Phi) is 3.75. The van der Waals surface area contributed by atoms with Crippen molar-refractivity contribution < 1.29 is 5.11 Å². The van der Waals surface area contributed by atoms with Gasteiger partial charge in [0.1, 0.15) is 0 Å². The lowest BCUT2D eigenvalue weighted by Gasteiger charge is -2.15. The van der Waals surface area contributed by atoms with Crippen LogP contribution in [0.3, 0.4) is 0 Å². The van der Waals surface area contributed by atoms with Crippen molar-refractivity contribution in [1.82, 2.24) is 4.98 Å². The third kappa shape index (κ3) is 2.83. The van der Waals surface area contributed by atoms with Crippen LogP contribution in [0.15, 0.2) is 36.5 Å². The smallest absolute Gasteiger partial charge is 0.0807 e. The van der Waals surface area contributed by atoms with Gasteiger partial charge in [-0.2, -0.15) is 0 Å². The third-order valence-corrected chi connectivity index (χ3v) is 3.32. The molecule has 2 unspecified atom stereocenters. The number of hydrogen-bond acceptors (Lipinski definition) is 2. The molecule has 2 nitrogen and oxygen atoms in total. The summed E-state index contributed by atoms with van der Waals surface area (Å²) >= 11 is 0. The maximum atomic E-state index is 10.1. The Morgan fingerprint density at radius 3 is 2.82 bits per heavy atom. The molecule has 0 amide bonds. The van der Waals surface area contributed by atoms with Crippen molar-refractivity contribution in [2.45, 2.75) is 32.8 Å². The number of rotatable bonds is 4. The maximum absolute atomic E-state index is 10.1. The molecule has 1 aromatic carbocycles. The topological polar surface area (TPSA) is 33.1 Å². The molecule has 0 radical (unpaired) electrons. The lowest BCUT2D eigenvalue weighted by atomic mass is 9.97. The van der Waals surface area contributed by atoms with Crippen LogP contribution in [-0.4, -0.2) is 10.1 Å². The van der Waals surface area contributed by atoms with E-state index in [-0.39, 0.29) is 0 Å². The predicted molar refractivity (Wildman–Crippen MR) is 70.8 cm³/mol. The first-order chi connectivity index (χ1) is 8.20. The summed E-state index contributed by atoms with van der Waals surface area (Å²) in [6, 6.07) is 10.0. The summed E-state index contributed by atoms with van der Waals surface area (Å²) in [6.45, 7) is 4.31. The summed E-state index contributed by atoms with van der Waals surface area (Å²) in [6.07, 6.45) is 3.28. The lowest BCUT2D eigenvalue weighted by molar-refractivity contribution is 0.146. The molecule has 1 aromatic heterocycles. The van der Waals surface area contributed by atoms with E-state index in [1.807, 2.05) is 30.3 Å². The second-order valence-electron chi connectivity index (χ2n) is 4.73. The Morgan fingerprint density at radius 1 is 1.29 bits per heavy atom. The van der Waals surface area contributed by atoms with Crippen LogP contribution < -0.4 is 0 Å². The van der Waals surface area contributed by atoms with E-state index < -0.39 is 6.10 Å². The van der Waals surface area contributed by atoms with E-state index in [0.29, 0.717) is 5.92 Å². The van der Waals surface area contributed by atoms with Crippen molar-refractivity contribution in [2.24, 2.45) is 5.92 Å². The van der Waals surface area contributed by atoms with Gasteiger partial charge >= 0.3 is 0 Å². The first kappa shape index (κ1) is 12.1. The molecule has 2 aromatic rings. The molecule has 1 heterocycles. The second-order valence-corrected chi connectivity index (χ2v) is 4.73. The van der Waals surface area contributed by atoms with Gasteiger partial charge in [0.05, 0.1) is 11.6 Å². The van der Waals surface area contributed by atoms with Crippen LogP contribution in [0, 0.1) is 5.92 Å². The fourth-order valence-electron chi connectivity index (χ4n) is 1.95. The van der Waals surface area contributed by atoms with E-state index in [2.05, 4.69) is 18.8 Å². The van der Waals surface area contributed by atoms with E-state index in [4.69, 9.17) is 0 Å². The fraction of sp³-hybridized carbons (Fsp3) is 0.400. The molecule has 1 N–H and O–H groups in total. The van der Waals surface area contributed by atoms with Crippen molar-refractivity contribution in [2.75, 3.05) is 0 Å². The number of fused-ring (bicyclic) bond motifs is 1. The van der Waals surface area contributed by atoms with Crippen molar-refractivity contribution in [1.29, 1.82) is 0 Å². The molecular formula is C15H19NO. The van der Waals surface area contributed by atoms with Gasteiger partial charge in [-0.05, 0) is 30.0 Å². The molecule has 0 aliphatic rings. The van der Waals surface area contributed by atoms with Crippen LogP contribution in [0.4, 0.5) is 0 Å². The van der Waals surface area contributed by atoms with E-state index >= 15 is 0 Å². The van der Waals surface area contributed by atoms with Gasteiger partial charge in [0.15, 0.2) is 0 Å². The van der Waals surface area contributed by atoms with Gasteiger partial charge in [-0.15, -0.1) is 0 Å². The Morgan fingerprint density at radius 2 is 2.06 bits per heavy atom. The number of aliphatic hydroxyl groups is 1. The van der Waals surface area contributed by atoms with Crippen LogP contribution in [0.1, 0.15) is 38.4 Å². The van der Waals surface area contributed by atoms with Gasteiger partial charge < -0.3 is 5.11 Å². The van der Waals surface area contributed by atoms with Gasteiger partial charge in [-0.1, -0.05) is 38.5 Å². The zero-order valence-electron chi connectivity index (χ0n) is 10.4. The quantitative estimate of drug-likeness (QED) is 0.867. The Bertz CT molecular complexity index is 495. The average Bonchev–Trinajstić information content (AvgIpc) is 2.38. The van der Waals surface area contributed by atoms with Crippen LogP contribution in [0.2, 0.25) is 0 Å². The molecule has 2 rings (SSSR count). The van der Waals surface area contributed by atoms with E-state index in [0.717, 1.165) is 29.3 Å². The Balaban J connectivity index is 2.23. The predicted octanol–water partition coefficient (Wildman–Crippen LogP) is 3.70. The summed E-state index contributed by atoms with van der Waals surface area (Å²) in [7, 11) is 0. The minimum absolute atomic E-state index is 0.401. The number of pyridine rings is 1. The minimum Gasteiger partial charge on any atom is -0.388 e. The van der Waals surface area contributed by atoms with Crippen molar-refractivity contribution in [3.8, 4) is 0 Å². The largest absolute Gasteiger partial charge is 0.388 e. The zero-order chi connectivity index (χ0) is 12.3. The molecule has 2 heteroatoms. The number of benzene rings is 1. The first-order valence-electron chi connectivity index (χ1n) is 6.23. The van der Waals surface area contributed by atoms with E-state index in [1.54, 1.807) is 6.20 Å². The van der Waals surface area contributed by atoms with Gasteiger partial charge in [-0.3, -0.25) is 4.98 Å². The lowest BCUT2D eigenvalue weighted by Crippen LogP contribution is -2.04. The van der Waals surface area contributed by atoms with Crippen LogP contribution in [-0.2, 0) is 0 Å². The summed E-state index contributed by atoms with van der Waals surface area (Å²) in [4.78, 5) is 4.38. The molecule has 0 saturated heterocycles. The molecular weight excluding hydrogens is 210 g/mol. The molecule has 90 valence electrons. The van der Waals surface area contributed by atoms with E-state index in [1.165, 1.54) is 0 Å². The molecule has 0 spiro atoms. The highest BCUT2D eigenvalue weighted by Gasteiger charge is 2.12. The van der Waals surface area contributed by atoms with Gasteiger partial charge in [-0.25, -0.2) is 0 Å². The van der Waals surface area contributed by atoms with Gasteiger partial charge in [0, 0.05) is 11.6 Å². The molecule has 0 saturated carbocycles. The molecule has 0 bridgehead atoms. The number of nitrogens with zero attached hydrogens (tertiary/aromatic N) is 1. The van der Waals surface area contributed by atoms with Crippen molar-refractivity contribution >= 4 is 10.9 Å². The van der Waals surface area contributed by atoms with Crippen molar-refractivity contribution in [3.63, 3.8) is 0 Å². The number of aromatic nitrogens is 1. The SMILES string of the molecule is CCC(C)CC(O)c1cnc2ccccc2c1. The normalized spacial score (nSPS) is 14.8. The van der Waals surface area contributed by atoms with Crippen LogP contribution >= 0.6 is 0 Å². The fourth-order valence-corrected chi connectivity index (χ4v) is 1.95. The Labute approximate surface area is 102 Å². The monoisotopic (exact) mass is 229 g/mol. The number of hydrogen-bond donors (Lipinski definition) is 1. The molecule has 0 fully saturated rings. The number of para-hydroxylation sites is 1. The van der Waals surface area contributed by atoms with E-state index in [9.17, 15) is 5.11 Å². The second kappa shape index (κ2) is 5.28. The standard InChI is InChI=1S/C15H19NO/c1-3-11(2)8-15(17)13-9-12-6-4-5-7-14(12)16-10-13/h4-7,9-11,15,17H,3,8H2,1-2H3. The summed E-state index contributed by atoms with van der Waals surface area (Å²) in [5.74, 6) is 0.538. The third-order valence-electron chi connectivity index (χ3n) is 3.32. The summed E-state index contributed by atoms with van der Waals surface area (Å²) in [5.41, 5.74) is 1.90. The highest BCUT2D eigenvalue weighted by atomic mass is 16.3. The van der Waals surface area contributed by atoms with Crippen LogP contribution in [0.25, 0.3) is 10.9 Å². The summed E-state index contributed by atoms with van der Waals surface area (Å²) < 4.78 is 0. The average molecular weight is 229 g/mol. The highest BCUT2D eigenvalue weighted by molar-refractivity contribution is 5.78. The molecule has 2 atom stereocenters. The molecule has 0 aliphatic heterocycles. The molecule has 0 aliphatic carbocycles. The minimum atomic E-state index is -0.401. The zero-order valence-corrected chi connectivity index (χ0v) is 10.4.